The number of carbonyl (C=O) groups is 4. The number of amides is 4. The number of aliphatic carboxylic acids is 1. The van der Waals surface area contributed by atoms with Gasteiger partial charge in [0.1, 0.15) is 0 Å². The van der Waals surface area contributed by atoms with Crippen molar-refractivity contribution in [2.75, 3.05) is 44.2 Å². The topological polar surface area (TPSA) is 110 Å². The SMILES string of the molecule is Cc1ccc(C(=O)N2CCC(CN3CCC(CC(=O)O)CC3)CC2)cc1N1CCC(=O)NC1=O. The van der Waals surface area contributed by atoms with Crippen molar-refractivity contribution in [1.29, 1.82) is 0 Å². The number of nitrogens with zero attached hydrogens (tertiary/aromatic N) is 3. The molecule has 3 saturated heterocycles. The predicted octanol–water partition coefficient (Wildman–Crippen LogP) is 2.48. The molecule has 0 atom stereocenters. The van der Waals surface area contributed by atoms with E-state index >= 15 is 0 Å². The summed E-state index contributed by atoms with van der Waals surface area (Å²) in [5.41, 5.74) is 2.10. The van der Waals surface area contributed by atoms with Gasteiger partial charge < -0.3 is 14.9 Å². The first-order valence-electron chi connectivity index (χ1n) is 12.3. The molecule has 184 valence electrons. The van der Waals surface area contributed by atoms with Crippen molar-refractivity contribution >= 4 is 29.5 Å². The van der Waals surface area contributed by atoms with Crippen LogP contribution in [0.2, 0.25) is 0 Å². The summed E-state index contributed by atoms with van der Waals surface area (Å²) in [4.78, 5) is 53.7. The van der Waals surface area contributed by atoms with Gasteiger partial charge >= 0.3 is 12.0 Å². The lowest BCUT2D eigenvalue weighted by molar-refractivity contribution is -0.138. The maximum absolute atomic E-state index is 13.2. The molecule has 3 aliphatic heterocycles. The fraction of sp³-hybridized carbons (Fsp3) is 0.600. The van der Waals surface area contributed by atoms with Crippen LogP contribution in [0, 0.1) is 18.8 Å². The average Bonchev–Trinajstić information content (AvgIpc) is 2.81. The minimum absolute atomic E-state index is 0.0253. The number of likely N-dealkylation sites (tertiary alicyclic amines) is 2. The normalized spacial score (nSPS) is 21.0. The molecule has 4 amide bonds. The highest BCUT2D eigenvalue weighted by Gasteiger charge is 2.29. The molecule has 0 radical (unpaired) electrons. The first-order valence-corrected chi connectivity index (χ1v) is 12.3. The van der Waals surface area contributed by atoms with E-state index < -0.39 is 12.0 Å². The quantitative estimate of drug-likeness (QED) is 0.661. The summed E-state index contributed by atoms with van der Waals surface area (Å²) in [6.45, 7) is 6.55. The predicted molar refractivity (Wildman–Crippen MR) is 127 cm³/mol. The van der Waals surface area contributed by atoms with Crippen LogP contribution in [0.1, 0.15) is 54.4 Å². The van der Waals surface area contributed by atoms with Crippen LogP contribution in [0.15, 0.2) is 18.2 Å². The minimum atomic E-state index is -0.703. The van der Waals surface area contributed by atoms with E-state index in [2.05, 4.69) is 10.2 Å². The zero-order chi connectivity index (χ0) is 24.2. The molecule has 9 heteroatoms. The van der Waals surface area contributed by atoms with Crippen molar-refractivity contribution in [2.24, 2.45) is 11.8 Å². The fourth-order valence-corrected chi connectivity index (χ4v) is 5.31. The fourth-order valence-electron chi connectivity index (χ4n) is 5.31. The van der Waals surface area contributed by atoms with Crippen molar-refractivity contribution in [3.8, 4) is 0 Å². The molecule has 0 unspecified atom stereocenters. The first-order chi connectivity index (χ1) is 16.3. The van der Waals surface area contributed by atoms with E-state index in [1.54, 1.807) is 6.07 Å². The molecule has 9 nitrogen and oxygen atoms in total. The number of urea groups is 1. The van der Waals surface area contributed by atoms with Crippen LogP contribution in [0.3, 0.4) is 0 Å². The van der Waals surface area contributed by atoms with Gasteiger partial charge in [0, 0.05) is 50.3 Å². The van der Waals surface area contributed by atoms with Gasteiger partial charge in [0.2, 0.25) is 5.91 Å². The molecule has 0 aliphatic carbocycles. The Hall–Kier alpha value is -2.94. The van der Waals surface area contributed by atoms with Crippen LogP contribution < -0.4 is 10.2 Å². The molecule has 2 N–H and O–H groups in total. The second kappa shape index (κ2) is 10.5. The van der Waals surface area contributed by atoms with Gasteiger partial charge in [0.15, 0.2) is 0 Å². The summed E-state index contributed by atoms with van der Waals surface area (Å²) in [6.07, 6.45) is 4.32. The molecule has 0 saturated carbocycles. The molecule has 0 aromatic heterocycles. The Labute approximate surface area is 200 Å². The van der Waals surface area contributed by atoms with Crippen molar-refractivity contribution in [3.05, 3.63) is 29.3 Å². The summed E-state index contributed by atoms with van der Waals surface area (Å²) >= 11 is 0. The van der Waals surface area contributed by atoms with E-state index in [9.17, 15) is 19.2 Å². The second-order valence-electron chi connectivity index (χ2n) is 9.83. The molecule has 3 fully saturated rings. The third-order valence-electron chi connectivity index (χ3n) is 7.39. The molecular formula is C25H34N4O5. The Bertz CT molecular complexity index is 949. The third kappa shape index (κ3) is 5.75. The Morgan fingerprint density at radius 1 is 1.00 bits per heavy atom. The van der Waals surface area contributed by atoms with Gasteiger partial charge in [-0.25, -0.2) is 4.79 Å². The average molecular weight is 471 g/mol. The zero-order valence-electron chi connectivity index (χ0n) is 19.8. The summed E-state index contributed by atoms with van der Waals surface area (Å²) in [6, 6.07) is 4.98. The molecule has 34 heavy (non-hydrogen) atoms. The minimum Gasteiger partial charge on any atom is -0.481 e. The molecule has 4 rings (SSSR count). The van der Waals surface area contributed by atoms with E-state index in [0.717, 1.165) is 50.9 Å². The number of carboxylic acid groups (broad SMARTS) is 1. The maximum atomic E-state index is 13.2. The van der Waals surface area contributed by atoms with Crippen molar-refractivity contribution in [3.63, 3.8) is 0 Å². The molecule has 0 bridgehead atoms. The van der Waals surface area contributed by atoms with Gasteiger partial charge in [-0.05, 0) is 75.2 Å². The van der Waals surface area contributed by atoms with Crippen LogP contribution in [-0.4, -0.2) is 78.0 Å². The van der Waals surface area contributed by atoms with Gasteiger partial charge in [0.25, 0.3) is 5.91 Å². The number of hydrogen-bond acceptors (Lipinski definition) is 5. The lowest BCUT2D eigenvalue weighted by atomic mass is 9.91. The van der Waals surface area contributed by atoms with E-state index in [1.165, 1.54) is 4.90 Å². The van der Waals surface area contributed by atoms with Gasteiger partial charge in [-0.3, -0.25) is 24.6 Å². The van der Waals surface area contributed by atoms with Crippen LogP contribution in [0.4, 0.5) is 10.5 Å². The molecule has 3 heterocycles. The van der Waals surface area contributed by atoms with Gasteiger partial charge in [-0.15, -0.1) is 0 Å². The van der Waals surface area contributed by atoms with E-state index in [0.29, 0.717) is 42.7 Å². The summed E-state index contributed by atoms with van der Waals surface area (Å²) in [5, 5.41) is 11.3. The largest absolute Gasteiger partial charge is 0.481 e. The van der Waals surface area contributed by atoms with Gasteiger partial charge in [-0.1, -0.05) is 6.07 Å². The molecule has 3 aliphatic rings. The van der Waals surface area contributed by atoms with Crippen LogP contribution >= 0.6 is 0 Å². The second-order valence-corrected chi connectivity index (χ2v) is 9.83. The number of rotatable bonds is 6. The van der Waals surface area contributed by atoms with Gasteiger partial charge in [-0.2, -0.15) is 0 Å². The Kier molecular flexibility index (Phi) is 7.50. The number of carboxylic acids is 1. The van der Waals surface area contributed by atoms with E-state index in [1.807, 2.05) is 24.0 Å². The first kappa shape index (κ1) is 24.2. The molecular weight excluding hydrogens is 436 g/mol. The molecule has 0 spiro atoms. The number of hydrogen-bond donors (Lipinski definition) is 2. The Balaban J connectivity index is 1.29. The molecule has 1 aromatic rings. The summed E-state index contributed by atoms with van der Waals surface area (Å²) in [7, 11) is 0. The summed E-state index contributed by atoms with van der Waals surface area (Å²) in [5.74, 6) is -0.167. The summed E-state index contributed by atoms with van der Waals surface area (Å²) < 4.78 is 0. The van der Waals surface area contributed by atoms with Crippen molar-refractivity contribution in [1.82, 2.24) is 15.1 Å². The smallest absolute Gasteiger partial charge is 0.328 e. The van der Waals surface area contributed by atoms with Crippen LogP contribution in [0.5, 0.6) is 0 Å². The van der Waals surface area contributed by atoms with Crippen molar-refractivity contribution in [2.45, 2.75) is 45.4 Å². The molecule has 1 aromatic carbocycles. The number of nitrogens with one attached hydrogen (secondary N) is 1. The lowest BCUT2D eigenvalue weighted by Crippen LogP contribution is -2.50. The van der Waals surface area contributed by atoms with Gasteiger partial charge in [0.05, 0.1) is 0 Å². The Morgan fingerprint density at radius 3 is 2.32 bits per heavy atom. The number of benzene rings is 1. The Morgan fingerprint density at radius 2 is 1.68 bits per heavy atom. The van der Waals surface area contributed by atoms with Crippen LogP contribution in [0.25, 0.3) is 0 Å². The number of imide groups is 1. The zero-order valence-corrected chi connectivity index (χ0v) is 19.8. The number of anilines is 1. The number of carbonyl (C=O) groups excluding carboxylic acids is 3. The lowest BCUT2D eigenvalue weighted by Gasteiger charge is -2.37. The third-order valence-corrected chi connectivity index (χ3v) is 7.39. The highest BCUT2D eigenvalue weighted by Crippen LogP contribution is 2.27. The van der Waals surface area contributed by atoms with Crippen molar-refractivity contribution < 1.29 is 24.3 Å². The van der Waals surface area contributed by atoms with E-state index in [4.69, 9.17) is 5.11 Å². The van der Waals surface area contributed by atoms with Crippen LogP contribution in [-0.2, 0) is 9.59 Å². The highest BCUT2D eigenvalue weighted by atomic mass is 16.4. The van der Waals surface area contributed by atoms with E-state index in [-0.39, 0.29) is 24.7 Å². The standard InChI is InChI=1S/C25H34N4O5/c1-17-2-3-20(15-21(17)29-13-8-22(30)26-25(29)34)24(33)28-11-6-19(7-12-28)16-27-9-4-18(5-10-27)14-23(31)32/h2-3,15,18-19H,4-14,16H2,1H3,(H,31,32)(H,26,30,34). The monoisotopic (exact) mass is 470 g/mol. The number of aryl methyl sites for hydroxylation is 1. The number of piperidine rings is 2. The highest BCUT2D eigenvalue weighted by molar-refractivity contribution is 6.06. The maximum Gasteiger partial charge on any atom is 0.328 e.